The first-order valence-electron chi connectivity index (χ1n) is 9.29. The number of halogens is 1. The fourth-order valence-corrected chi connectivity index (χ4v) is 3.59. The highest BCUT2D eigenvalue weighted by molar-refractivity contribution is 5.79. The summed E-state index contributed by atoms with van der Waals surface area (Å²) in [5.74, 6) is -0.599. The second-order valence-electron chi connectivity index (χ2n) is 7.05. The van der Waals surface area contributed by atoms with Crippen molar-refractivity contribution >= 4 is 11.9 Å². The second-order valence-corrected chi connectivity index (χ2v) is 7.05. The van der Waals surface area contributed by atoms with Crippen molar-refractivity contribution in [3.63, 3.8) is 0 Å². The van der Waals surface area contributed by atoms with Crippen molar-refractivity contribution in [1.82, 2.24) is 15.1 Å². The summed E-state index contributed by atoms with van der Waals surface area (Å²) in [7, 11) is 0. The van der Waals surface area contributed by atoms with E-state index in [4.69, 9.17) is 0 Å². The summed E-state index contributed by atoms with van der Waals surface area (Å²) in [6, 6.07) is 5.68. The standard InChI is InChI=1S/C19H26FN3O3/c20-16-5-3-14(4-6-16)17(24)13-21-18(25)15-7-11-23(12-8-15)19(26)22-9-1-2-10-22/h3-6,15,17,24H,1-2,7-13H2,(H,21,25). The Balaban J connectivity index is 1.42. The summed E-state index contributed by atoms with van der Waals surface area (Å²) in [4.78, 5) is 28.4. The van der Waals surface area contributed by atoms with E-state index in [-0.39, 0.29) is 30.2 Å². The molecule has 0 aromatic heterocycles. The number of carbonyl (C=O) groups is 2. The molecule has 1 aromatic rings. The first-order valence-corrected chi connectivity index (χ1v) is 9.29. The van der Waals surface area contributed by atoms with Gasteiger partial charge in [0.25, 0.3) is 0 Å². The Morgan fingerprint density at radius 2 is 1.65 bits per heavy atom. The van der Waals surface area contributed by atoms with Crippen LogP contribution in [0.1, 0.15) is 37.4 Å². The maximum atomic E-state index is 12.9. The highest BCUT2D eigenvalue weighted by Gasteiger charge is 2.30. The summed E-state index contributed by atoms with van der Waals surface area (Å²) in [5.41, 5.74) is 0.567. The van der Waals surface area contributed by atoms with Gasteiger partial charge in [-0.25, -0.2) is 9.18 Å². The van der Waals surface area contributed by atoms with Crippen LogP contribution < -0.4 is 5.32 Å². The van der Waals surface area contributed by atoms with Crippen LogP contribution in [-0.4, -0.2) is 59.6 Å². The predicted molar refractivity (Wildman–Crippen MR) is 94.9 cm³/mol. The molecule has 0 bridgehead atoms. The lowest BCUT2D eigenvalue weighted by molar-refractivity contribution is -0.126. The second kappa shape index (κ2) is 8.49. The van der Waals surface area contributed by atoms with Gasteiger partial charge in [0.05, 0.1) is 6.10 Å². The van der Waals surface area contributed by atoms with Crippen molar-refractivity contribution in [1.29, 1.82) is 0 Å². The number of carbonyl (C=O) groups excluding carboxylic acids is 2. The minimum absolute atomic E-state index is 0.0908. The third-order valence-electron chi connectivity index (χ3n) is 5.24. The van der Waals surface area contributed by atoms with Gasteiger partial charge >= 0.3 is 6.03 Å². The zero-order valence-corrected chi connectivity index (χ0v) is 14.9. The lowest BCUT2D eigenvalue weighted by atomic mass is 9.96. The molecule has 26 heavy (non-hydrogen) atoms. The largest absolute Gasteiger partial charge is 0.387 e. The number of aliphatic hydroxyl groups is 1. The van der Waals surface area contributed by atoms with Crippen molar-refractivity contribution in [2.24, 2.45) is 5.92 Å². The third-order valence-corrected chi connectivity index (χ3v) is 5.24. The zero-order chi connectivity index (χ0) is 18.5. The van der Waals surface area contributed by atoms with Gasteiger partial charge in [-0.1, -0.05) is 12.1 Å². The third kappa shape index (κ3) is 4.52. The molecule has 2 aliphatic heterocycles. The van der Waals surface area contributed by atoms with Crippen molar-refractivity contribution in [3.05, 3.63) is 35.6 Å². The maximum Gasteiger partial charge on any atom is 0.319 e. The normalized spacial score (nSPS) is 19.5. The number of nitrogens with one attached hydrogen (secondary N) is 1. The fourth-order valence-electron chi connectivity index (χ4n) is 3.59. The van der Waals surface area contributed by atoms with Gasteiger partial charge in [-0.05, 0) is 43.4 Å². The van der Waals surface area contributed by atoms with Gasteiger partial charge in [0, 0.05) is 38.6 Å². The Kier molecular flexibility index (Phi) is 6.08. The van der Waals surface area contributed by atoms with Gasteiger partial charge in [-0.2, -0.15) is 0 Å². The average Bonchev–Trinajstić information content (AvgIpc) is 3.20. The van der Waals surface area contributed by atoms with Crippen LogP contribution >= 0.6 is 0 Å². The molecule has 1 atom stereocenters. The van der Waals surface area contributed by atoms with E-state index in [1.807, 2.05) is 9.80 Å². The Bertz CT molecular complexity index is 623. The van der Waals surface area contributed by atoms with Gasteiger partial charge < -0.3 is 20.2 Å². The molecule has 6 nitrogen and oxygen atoms in total. The van der Waals surface area contributed by atoms with Gasteiger partial charge in [0.2, 0.25) is 5.91 Å². The molecule has 7 heteroatoms. The van der Waals surface area contributed by atoms with Gasteiger partial charge in [-0.3, -0.25) is 4.79 Å². The summed E-state index contributed by atoms with van der Waals surface area (Å²) in [6.45, 7) is 2.94. The molecule has 0 radical (unpaired) electrons. The highest BCUT2D eigenvalue weighted by Crippen LogP contribution is 2.20. The monoisotopic (exact) mass is 363 g/mol. The van der Waals surface area contributed by atoms with E-state index in [2.05, 4.69) is 5.32 Å². The Morgan fingerprint density at radius 1 is 1.08 bits per heavy atom. The fraction of sp³-hybridized carbons (Fsp3) is 0.579. The van der Waals surface area contributed by atoms with Crippen LogP contribution in [-0.2, 0) is 4.79 Å². The van der Waals surface area contributed by atoms with E-state index < -0.39 is 6.10 Å². The quantitative estimate of drug-likeness (QED) is 0.858. The molecule has 0 aliphatic carbocycles. The number of hydrogen-bond donors (Lipinski definition) is 2. The Morgan fingerprint density at radius 3 is 2.27 bits per heavy atom. The molecule has 2 heterocycles. The number of benzene rings is 1. The molecule has 0 spiro atoms. The smallest absolute Gasteiger partial charge is 0.319 e. The average molecular weight is 363 g/mol. The highest BCUT2D eigenvalue weighted by atomic mass is 19.1. The number of aliphatic hydroxyl groups excluding tert-OH is 1. The predicted octanol–water partition coefficient (Wildman–Crippen LogP) is 1.90. The lowest BCUT2D eigenvalue weighted by Crippen LogP contribution is -2.48. The molecule has 2 aliphatic rings. The van der Waals surface area contributed by atoms with Gasteiger partial charge in [-0.15, -0.1) is 0 Å². The zero-order valence-electron chi connectivity index (χ0n) is 14.9. The molecule has 142 valence electrons. The molecule has 2 fully saturated rings. The summed E-state index contributed by atoms with van der Waals surface area (Å²) < 4.78 is 12.9. The summed E-state index contributed by atoms with van der Waals surface area (Å²) in [6.07, 6.45) is 2.55. The first-order chi connectivity index (χ1) is 12.5. The molecule has 0 saturated carbocycles. The van der Waals surface area contributed by atoms with E-state index in [1.54, 1.807) is 0 Å². The minimum Gasteiger partial charge on any atom is -0.387 e. The number of amides is 3. The molecule has 1 aromatic carbocycles. The molecule has 3 rings (SSSR count). The minimum atomic E-state index is -0.864. The summed E-state index contributed by atoms with van der Waals surface area (Å²) in [5, 5.41) is 12.9. The van der Waals surface area contributed by atoms with Crippen LogP contribution in [0, 0.1) is 11.7 Å². The van der Waals surface area contributed by atoms with Crippen molar-refractivity contribution in [2.75, 3.05) is 32.7 Å². The van der Waals surface area contributed by atoms with E-state index in [0.717, 1.165) is 25.9 Å². The number of likely N-dealkylation sites (tertiary alicyclic amines) is 2. The van der Waals surface area contributed by atoms with Crippen molar-refractivity contribution in [3.8, 4) is 0 Å². The van der Waals surface area contributed by atoms with E-state index in [9.17, 15) is 19.1 Å². The molecular formula is C19H26FN3O3. The Labute approximate surface area is 153 Å². The van der Waals surface area contributed by atoms with Crippen LogP contribution in [0.2, 0.25) is 0 Å². The number of rotatable bonds is 4. The van der Waals surface area contributed by atoms with E-state index >= 15 is 0 Å². The van der Waals surface area contributed by atoms with Gasteiger partial charge in [0.1, 0.15) is 5.82 Å². The molecule has 3 amide bonds. The number of nitrogens with zero attached hydrogens (tertiary/aromatic N) is 2. The van der Waals surface area contributed by atoms with Crippen LogP contribution in [0.5, 0.6) is 0 Å². The molecule has 2 saturated heterocycles. The Hall–Kier alpha value is -2.15. The van der Waals surface area contributed by atoms with Crippen molar-refractivity contribution < 1.29 is 19.1 Å². The lowest BCUT2D eigenvalue weighted by Gasteiger charge is -2.34. The van der Waals surface area contributed by atoms with Crippen LogP contribution in [0.4, 0.5) is 9.18 Å². The maximum absolute atomic E-state index is 12.9. The molecule has 2 N–H and O–H groups in total. The van der Waals surface area contributed by atoms with Gasteiger partial charge in [0.15, 0.2) is 0 Å². The van der Waals surface area contributed by atoms with E-state index in [1.165, 1.54) is 24.3 Å². The molecule has 1 unspecified atom stereocenters. The molecular weight excluding hydrogens is 337 g/mol. The van der Waals surface area contributed by atoms with Crippen LogP contribution in [0.25, 0.3) is 0 Å². The summed E-state index contributed by atoms with van der Waals surface area (Å²) >= 11 is 0. The number of urea groups is 1. The van der Waals surface area contributed by atoms with Crippen molar-refractivity contribution in [2.45, 2.75) is 31.8 Å². The van der Waals surface area contributed by atoms with E-state index in [0.29, 0.717) is 31.5 Å². The topological polar surface area (TPSA) is 72.9 Å². The first kappa shape index (κ1) is 18.6. The number of piperidine rings is 1. The van der Waals surface area contributed by atoms with Crippen LogP contribution in [0.15, 0.2) is 24.3 Å². The van der Waals surface area contributed by atoms with Crippen LogP contribution in [0.3, 0.4) is 0 Å². The SMILES string of the molecule is O=C(NCC(O)c1ccc(F)cc1)C1CCN(C(=O)N2CCCC2)CC1. The number of hydrogen-bond acceptors (Lipinski definition) is 3.